The maximum Gasteiger partial charge on any atom is 0.247 e. The predicted octanol–water partition coefficient (Wildman–Crippen LogP) is 1.69. The van der Waals surface area contributed by atoms with E-state index in [-0.39, 0.29) is 12.5 Å². The molecule has 2 amide bonds. The largest absolute Gasteiger partial charge is 0.368 e. The highest BCUT2D eigenvalue weighted by atomic mass is 16.2. The van der Waals surface area contributed by atoms with E-state index in [0.29, 0.717) is 12.1 Å². The number of hydrogen-bond acceptors (Lipinski definition) is 3. The number of carbonyl (C=O) groups excluding carboxylic acids is 2. The molecule has 0 unspecified atom stereocenters. The van der Waals surface area contributed by atoms with Crippen LogP contribution in [-0.4, -0.2) is 29.8 Å². The second kappa shape index (κ2) is 8.54. The molecule has 0 saturated carbocycles. The molecule has 0 fully saturated rings. The maximum absolute atomic E-state index is 12.1. The molecule has 110 valence electrons. The number of nitrogens with zero attached hydrogens (tertiary/aromatic N) is 2. The summed E-state index contributed by atoms with van der Waals surface area (Å²) in [7, 11) is 0. The molecule has 0 atom stereocenters. The zero-order chi connectivity index (χ0) is 15.7. The smallest absolute Gasteiger partial charge is 0.247 e. The van der Waals surface area contributed by atoms with Crippen LogP contribution in [0.15, 0.2) is 30.3 Å². The number of carbonyl (C=O) groups is 2. The van der Waals surface area contributed by atoms with Crippen molar-refractivity contribution in [1.82, 2.24) is 4.90 Å². The summed E-state index contributed by atoms with van der Waals surface area (Å²) >= 11 is 0. The molecular weight excluding hydrogens is 266 g/mol. The first-order chi connectivity index (χ1) is 10.1. The summed E-state index contributed by atoms with van der Waals surface area (Å²) in [5.41, 5.74) is 6.45. The summed E-state index contributed by atoms with van der Waals surface area (Å²) in [6.45, 7) is 2.43. The zero-order valence-corrected chi connectivity index (χ0v) is 12.1. The molecule has 0 heterocycles. The molecular formula is C16H19N3O2. The number of nitrogens with two attached hydrogens (primary N) is 1. The molecule has 0 spiro atoms. The number of nitriles is 1. The molecule has 0 aliphatic carbocycles. The Morgan fingerprint density at radius 1 is 1.43 bits per heavy atom. The first-order valence-electron chi connectivity index (χ1n) is 6.82. The summed E-state index contributed by atoms with van der Waals surface area (Å²) in [5.74, 6) is -0.788. The lowest BCUT2D eigenvalue weighted by Crippen LogP contribution is -2.38. The van der Waals surface area contributed by atoms with Crippen LogP contribution in [0, 0.1) is 11.3 Å². The Balaban J connectivity index is 2.76. The van der Waals surface area contributed by atoms with Gasteiger partial charge in [0, 0.05) is 12.6 Å². The quantitative estimate of drug-likeness (QED) is 0.773. The molecule has 0 saturated heterocycles. The fourth-order valence-electron chi connectivity index (χ4n) is 1.79. The van der Waals surface area contributed by atoms with Crippen LogP contribution in [0.3, 0.4) is 0 Å². The van der Waals surface area contributed by atoms with E-state index in [0.717, 1.165) is 18.4 Å². The molecule has 2 N–H and O–H groups in total. The van der Waals surface area contributed by atoms with Gasteiger partial charge in [0.1, 0.15) is 0 Å². The third-order valence-electron chi connectivity index (χ3n) is 2.87. The second-order valence-corrected chi connectivity index (χ2v) is 4.65. The minimum atomic E-state index is -0.528. The van der Waals surface area contributed by atoms with Gasteiger partial charge in [0.05, 0.1) is 18.2 Å². The Morgan fingerprint density at radius 3 is 2.81 bits per heavy atom. The standard InChI is InChI=1S/C16H19N3O2/c1-2-3-9-19(12-15(18)20)16(21)8-7-13-5-4-6-14(10-13)11-17/h4-8,10H,2-3,9,12H2,1H3,(H2,18,20). The van der Waals surface area contributed by atoms with Crippen LogP contribution in [0.5, 0.6) is 0 Å². The van der Waals surface area contributed by atoms with Crippen LogP contribution in [0.4, 0.5) is 0 Å². The van der Waals surface area contributed by atoms with Gasteiger partial charge in [-0.15, -0.1) is 0 Å². The van der Waals surface area contributed by atoms with E-state index >= 15 is 0 Å². The van der Waals surface area contributed by atoms with E-state index in [1.54, 1.807) is 30.3 Å². The first-order valence-corrected chi connectivity index (χ1v) is 6.82. The summed E-state index contributed by atoms with van der Waals surface area (Å²) in [5, 5.41) is 8.82. The maximum atomic E-state index is 12.1. The number of hydrogen-bond donors (Lipinski definition) is 1. The lowest BCUT2D eigenvalue weighted by atomic mass is 10.1. The highest BCUT2D eigenvalue weighted by Crippen LogP contribution is 2.07. The highest BCUT2D eigenvalue weighted by molar-refractivity contribution is 5.94. The number of benzene rings is 1. The fourth-order valence-corrected chi connectivity index (χ4v) is 1.79. The van der Waals surface area contributed by atoms with Crippen LogP contribution in [0.2, 0.25) is 0 Å². The second-order valence-electron chi connectivity index (χ2n) is 4.65. The van der Waals surface area contributed by atoms with Crippen molar-refractivity contribution in [1.29, 1.82) is 5.26 Å². The molecule has 0 bridgehead atoms. The summed E-state index contributed by atoms with van der Waals surface area (Å²) < 4.78 is 0. The van der Waals surface area contributed by atoms with Crippen molar-refractivity contribution in [2.75, 3.05) is 13.1 Å². The van der Waals surface area contributed by atoms with Crippen molar-refractivity contribution in [2.24, 2.45) is 5.73 Å². The molecule has 0 radical (unpaired) electrons. The Bertz CT molecular complexity index is 573. The van der Waals surface area contributed by atoms with E-state index in [9.17, 15) is 9.59 Å². The average Bonchev–Trinajstić information content (AvgIpc) is 2.48. The van der Waals surface area contributed by atoms with Gasteiger partial charge in [-0.05, 0) is 30.2 Å². The molecule has 5 heteroatoms. The fraction of sp³-hybridized carbons (Fsp3) is 0.312. The van der Waals surface area contributed by atoms with Gasteiger partial charge in [0.25, 0.3) is 0 Å². The van der Waals surface area contributed by atoms with Crippen LogP contribution in [0.25, 0.3) is 6.08 Å². The Labute approximate surface area is 124 Å². The minimum Gasteiger partial charge on any atom is -0.368 e. The summed E-state index contributed by atoms with van der Waals surface area (Å²) in [6, 6.07) is 8.98. The third kappa shape index (κ3) is 5.91. The lowest BCUT2D eigenvalue weighted by Gasteiger charge is -2.18. The van der Waals surface area contributed by atoms with E-state index in [1.807, 2.05) is 13.0 Å². The van der Waals surface area contributed by atoms with Gasteiger partial charge in [-0.2, -0.15) is 5.26 Å². The van der Waals surface area contributed by atoms with Crippen LogP contribution >= 0.6 is 0 Å². The number of rotatable bonds is 7. The molecule has 5 nitrogen and oxygen atoms in total. The van der Waals surface area contributed by atoms with Gasteiger partial charge < -0.3 is 10.6 Å². The topological polar surface area (TPSA) is 87.2 Å². The van der Waals surface area contributed by atoms with Crippen LogP contribution in [0.1, 0.15) is 30.9 Å². The molecule has 1 aromatic carbocycles. The minimum absolute atomic E-state index is 0.0819. The molecule has 0 aliphatic heterocycles. The van der Waals surface area contributed by atoms with Crippen molar-refractivity contribution in [3.8, 4) is 6.07 Å². The van der Waals surface area contributed by atoms with Crippen LogP contribution in [-0.2, 0) is 9.59 Å². The van der Waals surface area contributed by atoms with Gasteiger partial charge in [-0.25, -0.2) is 0 Å². The van der Waals surface area contributed by atoms with Crippen molar-refractivity contribution < 1.29 is 9.59 Å². The highest BCUT2D eigenvalue weighted by Gasteiger charge is 2.12. The summed E-state index contributed by atoms with van der Waals surface area (Å²) in [4.78, 5) is 24.5. The van der Waals surface area contributed by atoms with Crippen molar-refractivity contribution in [3.05, 3.63) is 41.5 Å². The van der Waals surface area contributed by atoms with E-state index in [1.165, 1.54) is 11.0 Å². The molecule has 0 aliphatic rings. The van der Waals surface area contributed by atoms with E-state index in [4.69, 9.17) is 11.0 Å². The van der Waals surface area contributed by atoms with Gasteiger partial charge in [-0.1, -0.05) is 25.5 Å². The number of primary amides is 1. The SMILES string of the molecule is CCCCN(CC(N)=O)C(=O)C=Cc1cccc(C#N)c1. The van der Waals surface area contributed by atoms with Gasteiger partial charge >= 0.3 is 0 Å². The number of amides is 2. The Kier molecular flexibility index (Phi) is 6.69. The van der Waals surface area contributed by atoms with E-state index < -0.39 is 5.91 Å². The molecule has 1 aromatic rings. The average molecular weight is 285 g/mol. The monoisotopic (exact) mass is 285 g/mol. The lowest BCUT2D eigenvalue weighted by molar-refractivity contribution is -0.131. The number of unbranched alkanes of at least 4 members (excludes halogenated alkanes) is 1. The van der Waals surface area contributed by atoms with Crippen molar-refractivity contribution in [2.45, 2.75) is 19.8 Å². The zero-order valence-electron chi connectivity index (χ0n) is 12.1. The molecule has 21 heavy (non-hydrogen) atoms. The normalized spacial score (nSPS) is 10.3. The van der Waals surface area contributed by atoms with Crippen molar-refractivity contribution in [3.63, 3.8) is 0 Å². The van der Waals surface area contributed by atoms with Crippen LogP contribution < -0.4 is 5.73 Å². The molecule has 0 aromatic heterocycles. The molecule has 1 rings (SSSR count). The van der Waals surface area contributed by atoms with Gasteiger partial charge in [0.15, 0.2) is 0 Å². The van der Waals surface area contributed by atoms with Gasteiger partial charge in [0.2, 0.25) is 11.8 Å². The third-order valence-corrected chi connectivity index (χ3v) is 2.87. The predicted molar refractivity (Wildman–Crippen MR) is 80.9 cm³/mol. The Hall–Kier alpha value is -2.61. The van der Waals surface area contributed by atoms with Crippen molar-refractivity contribution >= 4 is 17.9 Å². The van der Waals surface area contributed by atoms with E-state index in [2.05, 4.69) is 0 Å². The summed E-state index contributed by atoms with van der Waals surface area (Å²) in [6.07, 6.45) is 4.77. The van der Waals surface area contributed by atoms with Gasteiger partial charge in [-0.3, -0.25) is 9.59 Å². The Morgan fingerprint density at radius 2 is 2.19 bits per heavy atom. The first kappa shape index (κ1) is 16.4.